The average Bonchev–Trinajstić information content (AvgIpc) is 3.27. The molecule has 1 aromatic heterocycles. The lowest BCUT2D eigenvalue weighted by atomic mass is 9.92. The first-order valence-corrected chi connectivity index (χ1v) is 14.3. The Morgan fingerprint density at radius 2 is 1.68 bits per heavy atom. The first-order chi connectivity index (χ1) is 17.9. The van der Waals surface area contributed by atoms with Crippen LogP contribution in [-0.4, -0.2) is 41.5 Å². The van der Waals surface area contributed by atoms with Crippen molar-refractivity contribution < 1.29 is 13.2 Å². The van der Waals surface area contributed by atoms with E-state index in [4.69, 9.17) is 5.10 Å². The van der Waals surface area contributed by atoms with Gasteiger partial charge in [0.25, 0.3) is 0 Å². The number of carbonyl (C=O) groups excluding carboxylic acids is 1. The summed E-state index contributed by atoms with van der Waals surface area (Å²) in [4.78, 5) is 13.6. The Labute approximate surface area is 225 Å². The minimum atomic E-state index is -3.95. The number of rotatable bonds is 8. The highest BCUT2D eigenvalue weighted by Crippen LogP contribution is 2.28. The standard InChI is InChI=1S/C30H36N4O3S/c1-21(2)19-33(38(36,37)26-16-10-13-23-12-7-8-15-25(23)26)20-29(35)31-28-18-27(30(4,5)6)32-34(28)24-14-9-11-22(3)17-24/h7-18,21H,19-20H2,1-6H3,(H,31,35). The Morgan fingerprint density at radius 3 is 2.37 bits per heavy atom. The number of hydrogen-bond acceptors (Lipinski definition) is 4. The topological polar surface area (TPSA) is 84.3 Å². The Bertz CT molecular complexity index is 1560. The Balaban J connectivity index is 1.68. The first kappa shape index (κ1) is 27.5. The molecule has 1 N–H and O–H groups in total. The molecule has 0 aliphatic heterocycles. The van der Waals surface area contributed by atoms with Gasteiger partial charge in [-0.3, -0.25) is 4.79 Å². The number of anilines is 1. The van der Waals surface area contributed by atoms with Crippen molar-refractivity contribution in [1.29, 1.82) is 0 Å². The third kappa shape index (κ3) is 5.97. The zero-order valence-corrected chi connectivity index (χ0v) is 23.7. The second kappa shape index (κ2) is 10.7. The second-order valence-electron chi connectivity index (χ2n) is 11.1. The minimum absolute atomic E-state index is 0.0258. The SMILES string of the molecule is Cc1cccc(-n2nc(C(C)(C)C)cc2NC(=O)CN(CC(C)C)S(=O)(=O)c2cccc3ccccc23)c1. The summed E-state index contributed by atoms with van der Waals surface area (Å²) in [5, 5.41) is 9.18. The van der Waals surface area contributed by atoms with E-state index in [1.165, 1.54) is 4.31 Å². The van der Waals surface area contributed by atoms with Gasteiger partial charge in [0.2, 0.25) is 15.9 Å². The van der Waals surface area contributed by atoms with Crippen LogP contribution in [-0.2, 0) is 20.2 Å². The normalized spacial score (nSPS) is 12.4. The Morgan fingerprint density at radius 1 is 1.00 bits per heavy atom. The monoisotopic (exact) mass is 532 g/mol. The highest BCUT2D eigenvalue weighted by molar-refractivity contribution is 7.89. The largest absolute Gasteiger partial charge is 0.309 e. The van der Waals surface area contributed by atoms with Crippen molar-refractivity contribution in [3.63, 3.8) is 0 Å². The van der Waals surface area contributed by atoms with Gasteiger partial charge < -0.3 is 5.32 Å². The van der Waals surface area contributed by atoms with E-state index >= 15 is 0 Å². The van der Waals surface area contributed by atoms with Crippen LogP contribution >= 0.6 is 0 Å². The number of aryl methyl sites for hydroxylation is 1. The molecule has 0 saturated heterocycles. The molecule has 0 bridgehead atoms. The zero-order chi connectivity index (χ0) is 27.7. The van der Waals surface area contributed by atoms with Crippen LogP contribution in [0.3, 0.4) is 0 Å². The van der Waals surface area contributed by atoms with E-state index in [1.54, 1.807) is 22.9 Å². The third-order valence-electron chi connectivity index (χ3n) is 6.25. The highest BCUT2D eigenvalue weighted by atomic mass is 32.2. The lowest BCUT2D eigenvalue weighted by Crippen LogP contribution is -2.40. The highest BCUT2D eigenvalue weighted by Gasteiger charge is 2.29. The molecule has 4 rings (SSSR count). The molecule has 8 heteroatoms. The van der Waals surface area contributed by atoms with Crippen molar-refractivity contribution in [2.45, 2.75) is 51.9 Å². The van der Waals surface area contributed by atoms with E-state index in [0.29, 0.717) is 11.2 Å². The number of nitrogens with zero attached hydrogens (tertiary/aromatic N) is 3. The molecule has 4 aromatic rings. The molecule has 1 amide bonds. The maximum atomic E-state index is 13.9. The number of nitrogens with one attached hydrogen (secondary N) is 1. The second-order valence-corrected chi connectivity index (χ2v) is 13.0. The summed E-state index contributed by atoms with van der Waals surface area (Å²) in [5.74, 6) is 0.0965. The molecule has 3 aromatic carbocycles. The lowest BCUT2D eigenvalue weighted by Gasteiger charge is -2.24. The number of benzene rings is 3. The molecule has 1 heterocycles. The summed E-state index contributed by atoms with van der Waals surface area (Å²) >= 11 is 0. The summed E-state index contributed by atoms with van der Waals surface area (Å²) < 4.78 is 30.7. The lowest BCUT2D eigenvalue weighted by molar-refractivity contribution is -0.116. The van der Waals surface area contributed by atoms with E-state index < -0.39 is 15.9 Å². The fourth-order valence-electron chi connectivity index (χ4n) is 4.35. The number of aromatic nitrogens is 2. The van der Waals surface area contributed by atoms with E-state index in [1.807, 2.05) is 75.4 Å². The molecule has 7 nitrogen and oxygen atoms in total. The molecule has 200 valence electrons. The van der Waals surface area contributed by atoms with Crippen LogP contribution in [0.5, 0.6) is 0 Å². The van der Waals surface area contributed by atoms with Crippen LogP contribution in [0.1, 0.15) is 45.9 Å². The van der Waals surface area contributed by atoms with Crippen LogP contribution in [0.25, 0.3) is 16.5 Å². The average molecular weight is 533 g/mol. The van der Waals surface area contributed by atoms with Crippen molar-refractivity contribution in [3.05, 3.63) is 84.1 Å². The van der Waals surface area contributed by atoms with E-state index in [0.717, 1.165) is 22.3 Å². The van der Waals surface area contributed by atoms with Crippen molar-refractivity contribution in [3.8, 4) is 5.69 Å². The maximum absolute atomic E-state index is 13.9. The van der Waals surface area contributed by atoms with Crippen molar-refractivity contribution in [1.82, 2.24) is 14.1 Å². The molecular formula is C30H36N4O3S. The quantitative estimate of drug-likeness (QED) is 0.305. The molecule has 0 radical (unpaired) electrons. The van der Waals surface area contributed by atoms with Crippen molar-refractivity contribution in [2.24, 2.45) is 5.92 Å². The van der Waals surface area contributed by atoms with Crippen LogP contribution < -0.4 is 5.32 Å². The zero-order valence-electron chi connectivity index (χ0n) is 22.9. The molecule has 0 aliphatic rings. The molecule has 0 spiro atoms. The number of fused-ring (bicyclic) bond motifs is 1. The van der Waals surface area contributed by atoms with E-state index in [-0.39, 0.29) is 29.3 Å². The molecule has 38 heavy (non-hydrogen) atoms. The molecule has 0 aliphatic carbocycles. The number of sulfonamides is 1. The van der Waals surface area contributed by atoms with Gasteiger partial charge in [0.1, 0.15) is 5.82 Å². The fourth-order valence-corrected chi connectivity index (χ4v) is 6.12. The van der Waals surface area contributed by atoms with Gasteiger partial charge in [-0.15, -0.1) is 0 Å². The summed E-state index contributed by atoms with van der Waals surface area (Å²) in [7, 11) is -3.95. The number of hydrogen-bond donors (Lipinski definition) is 1. The maximum Gasteiger partial charge on any atom is 0.244 e. The summed E-state index contributed by atoms with van der Waals surface area (Å²) in [6.07, 6.45) is 0. The van der Waals surface area contributed by atoms with E-state index in [9.17, 15) is 13.2 Å². The van der Waals surface area contributed by atoms with Crippen LogP contribution in [0, 0.1) is 12.8 Å². The van der Waals surface area contributed by atoms with Crippen molar-refractivity contribution >= 4 is 32.5 Å². The molecule has 0 saturated carbocycles. The van der Waals surface area contributed by atoms with Gasteiger partial charge in [0.15, 0.2) is 0 Å². The van der Waals surface area contributed by atoms with Gasteiger partial charge in [0.05, 0.1) is 22.8 Å². The molecule has 0 fully saturated rings. The smallest absolute Gasteiger partial charge is 0.244 e. The minimum Gasteiger partial charge on any atom is -0.309 e. The molecule has 0 unspecified atom stereocenters. The van der Waals surface area contributed by atoms with Gasteiger partial charge in [0, 0.05) is 23.4 Å². The summed E-state index contributed by atoms with van der Waals surface area (Å²) in [6, 6.07) is 22.3. The van der Waals surface area contributed by atoms with Crippen LogP contribution in [0.15, 0.2) is 77.7 Å². The summed E-state index contributed by atoms with van der Waals surface area (Å²) in [6.45, 7) is 11.9. The van der Waals surface area contributed by atoms with Crippen LogP contribution in [0.2, 0.25) is 0 Å². The predicted octanol–water partition coefficient (Wildman–Crippen LogP) is 5.92. The fraction of sp³-hybridized carbons (Fsp3) is 0.333. The Kier molecular flexibility index (Phi) is 7.76. The Hall–Kier alpha value is -3.49. The van der Waals surface area contributed by atoms with Gasteiger partial charge in [-0.2, -0.15) is 9.40 Å². The van der Waals surface area contributed by atoms with Crippen molar-refractivity contribution in [2.75, 3.05) is 18.4 Å². The number of amides is 1. The summed E-state index contributed by atoms with van der Waals surface area (Å²) in [5.41, 5.74) is 2.46. The third-order valence-corrected chi connectivity index (χ3v) is 8.12. The van der Waals surface area contributed by atoms with Gasteiger partial charge in [-0.25, -0.2) is 13.1 Å². The molecule has 0 atom stereocenters. The van der Waals surface area contributed by atoms with Gasteiger partial charge in [-0.05, 0) is 42.0 Å². The van der Waals surface area contributed by atoms with Gasteiger partial charge >= 0.3 is 0 Å². The molecular weight excluding hydrogens is 496 g/mol. The number of carbonyl (C=O) groups is 1. The predicted molar refractivity (Wildman–Crippen MR) is 153 cm³/mol. The first-order valence-electron chi connectivity index (χ1n) is 12.8. The van der Waals surface area contributed by atoms with Crippen LogP contribution in [0.4, 0.5) is 5.82 Å². The van der Waals surface area contributed by atoms with E-state index in [2.05, 4.69) is 26.1 Å². The van der Waals surface area contributed by atoms with Gasteiger partial charge in [-0.1, -0.05) is 83.1 Å².